The van der Waals surface area contributed by atoms with Gasteiger partial charge < -0.3 is 5.32 Å². The first-order chi connectivity index (χ1) is 9.63. The summed E-state index contributed by atoms with van der Waals surface area (Å²) in [5.74, 6) is -0.0122. The van der Waals surface area contributed by atoms with Crippen LogP contribution in [-0.2, 0) is 11.2 Å². The molecule has 1 aromatic carbocycles. The molecule has 2 heterocycles. The van der Waals surface area contributed by atoms with Crippen LogP contribution >= 0.6 is 22.7 Å². The number of nitrogens with zero attached hydrogens (tertiary/aromatic N) is 1. The maximum absolute atomic E-state index is 12.0. The summed E-state index contributed by atoms with van der Waals surface area (Å²) in [6, 6.07) is 8.08. The van der Waals surface area contributed by atoms with E-state index in [2.05, 4.69) is 29.4 Å². The number of thiophene rings is 1. The minimum atomic E-state index is -0.0122. The molecule has 0 atom stereocenters. The van der Waals surface area contributed by atoms with Crippen LogP contribution in [0.1, 0.15) is 16.0 Å². The first kappa shape index (κ1) is 13.3. The van der Waals surface area contributed by atoms with Gasteiger partial charge in [-0.1, -0.05) is 29.5 Å². The Balaban J connectivity index is 1.82. The Morgan fingerprint density at radius 2 is 2.05 bits per heavy atom. The van der Waals surface area contributed by atoms with E-state index >= 15 is 0 Å². The van der Waals surface area contributed by atoms with Crippen LogP contribution in [0.2, 0.25) is 0 Å². The van der Waals surface area contributed by atoms with Crippen molar-refractivity contribution in [1.82, 2.24) is 4.98 Å². The number of aryl methyl sites for hydroxylation is 2. The van der Waals surface area contributed by atoms with Crippen LogP contribution in [0, 0.1) is 13.8 Å². The van der Waals surface area contributed by atoms with E-state index in [4.69, 9.17) is 0 Å². The summed E-state index contributed by atoms with van der Waals surface area (Å²) in [5, 5.41) is 5.56. The zero-order chi connectivity index (χ0) is 14.1. The Morgan fingerprint density at radius 1 is 1.25 bits per heavy atom. The molecular weight excluding hydrogens is 288 g/mol. The Kier molecular flexibility index (Phi) is 3.54. The predicted octanol–water partition coefficient (Wildman–Crippen LogP) is 4.16. The van der Waals surface area contributed by atoms with Crippen molar-refractivity contribution >= 4 is 43.9 Å². The lowest BCUT2D eigenvalue weighted by Gasteiger charge is -1.98. The van der Waals surface area contributed by atoms with E-state index in [1.54, 1.807) is 11.3 Å². The summed E-state index contributed by atoms with van der Waals surface area (Å²) in [6.45, 7) is 4.11. The van der Waals surface area contributed by atoms with Gasteiger partial charge in [0.05, 0.1) is 16.6 Å². The van der Waals surface area contributed by atoms with E-state index < -0.39 is 0 Å². The highest BCUT2D eigenvalue weighted by atomic mass is 32.1. The van der Waals surface area contributed by atoms with Crippen LogP contribution in [0.5, 0.6) is 0 Å². The van der Waals surface area contributed by atoms with Crippen LogP contribution in [0.3, 0.4) is 0 Å². The third-order valence-corrected chi connectivity index (χ3v) is 5.09. The lowest BCUT2D eigenvalue weighted by molar-refractivity contribution is -0.115. The van der Waals surface area contributed by atoms with Crippen molar-refractivity contribution in [3.63, 3.8) is 0 Å². The van der Waals surface area contributed by atoms with Crippen LogP contribution in [0.15, 0.2) is 29.6 Å². The number of thiazole rings is 1. The van der Waals surface area contributed by atoms with Crippen LogP contribution in [0.25, 0.3) is 10.2 Å². The molecule has 3 nitrogen and oxygen atoms in total. The van der Waals surface area contributed by atoms with Gasteiger partial charge in [0.2, 0.25) is 5.91 Å². The van der Waals surface area contributed by atoms with Crippen molar-refractivity contribution in [2.24, 2.45) is 0 Å². The van der Waals surface area contributed by atoms with Crippen LogP contribution in [-0.4, -0.2) is 10.9 Å². The molecule has 0 aliphatic rings. The number of carbonyl (C=O) groups excluding carboxylic acids is 1. The van der Waals surface area contributed by atoms with Gasteiger partial charge in [0.15, 0.2) is 5.13 Å². The van der Waals surface area contributed by atoms with Crippen molar-refractivity contribution in [3.8, 4) is 0 Å². The van der Waals surface area contributed by atoms with Gasteiger partial charge >= 0.3 is 0 Å². The smallest absolute Gasteiger partial charge is 0.231 e. The molecule has 0 spiro atoms. The second-order valence-electron chi connectivity index (χ2n) is 4.70. The first-order valence-corrected chi connectivity index (χ1v) is 8.02. The van der Waals surface area contributed by atoms with Gasteiger partial charge in [0.25, 0.3) is 0 Å². The minimum Gasteiger partial charge on any atom is -0.302 e. The lowest BCUT2D eigenvalue weighted by Crippen LogP contribution is -2.13. The summed E-state index contributed by atoms with van der Waals surface area (Å²) in [4.78, 5) is 17.6. The third kappa shape index (κ3) is 2.59. The molecule has 1 N–H and O–H groups in total. The molecular formula is C15H14N2OS2. The Morgan fingerprint density at radius 3 is 2.75 bits per heavy atom. The normalized spacial score (nSPS) is 10.9. The van der Waals surface area contributed by atoms with Crippen molar-refractivity contribution in [1.29, 1.82) is 0 Å². The average Bonchev–Trinajstić information content (AvgIpc) is 3.03. The molecule has 3 rings (SSSR count). The zero-order valence-corrected chi connectivity index (χ0v) is 12.9. The van der Waals surface area contributed by atoms with Gasteiger partial charge in [-0.15, -0.1) is 11.3 Å². The molecule has 20 heavy (non-hydrogen) atoms. The van der Waals surface area contributed by atoms with E-state index in [1.807, 2.05) is 24.4 Å². The summed E-state index contributed by atoms with van der Waals surface area (Å²) in [7, 11) is 0. The van der Waals surface area contributed by atoms with Crippen LogP contribution < -0.4 is 5.32 Å². The maximum atomic E-state index is 12.0. The second-order valence-corrected chi connectivity index (χ2v) is 6.73. The van der Waals surface area contributed by atoms with Crippen molar-refractivity contribution < 1.29 is 4.79 Å². The monoisotopic (exact) mass is 302 g/mol. The SMILES string of the molecule is Cc1ccc(C)c2sc(NC(=O)Cc3cccs3)nc12. The Hall–Kier alpha value is -1.72. The first-order valence-electron chi connectivity index (χ1n) is 6.32. The highest BCUT2D eigenvalue weighted by Crippen LogP contribution is 2.30. The molecule has 0 aliphatic carbocycles. The maximum Gasteiger partial charge on any atom is 0.231 e. The van der Waals surface area contributed by atoms with E-state index in [0.29, 0.717) is 11.6 Å². The standard InChI is InChI=1S/C15H14N2OS2/c1-9-5-6-10(2)14-13(9)17-15(20-14)16-12(18)8-11-4-3-7-19-11/h3-7H,8H2,1-2H3,(H,16,17,18). The zero-order valence-electron chi connectivity index (χ0n) is 11.3. The summed E-state index contributed by atoms with van der Waals surface area (Å²) in [6.07, 6.45) is 0.408. The fourth-order valence-corrected chi connectivity index (χ4v) is 3.78. The fourth-order valence-electron chi connectivity index (χ4n) is 2.05. The molecule has 0 saturated carbocycles. The van der Waals surface area contributed by atoms with Gasteiger partial charge in [0, 0.05) is 4.88 Å². The molecule has 0 aliphatic heterocycles. The fraction of sp³-hybridized carbons (Fsp3) is 0.200. The largest absolute Gasteiger partial charge is 0.302 e. The topological polar surface area (TPSA) is 42.0 Å². The quantitative estimate of drug-likeness (QED) is 0.789. The average molecular weight is 302 g/mol. The number of fused-ring (bicyclic) bond motifs is 1. The lowest BCUT2D eigenvalue weighted by atomic mass is 10.1. The van der Waals surface area contributed by atoms with Gasteiger partial charge in [0.1, 0.15) is 0 Å². The highest BCUT2D eigenvalue weighted by molar-refractivity contribution is 7.22. The molecule has 0 radical (unpaired) electrons. The number of amides is 1. The number of carbonyl (C=O) groups is 1. The third-order valence-electron chi connectivity index (χ3n) is 3.10. The molecule has 102 valence electrons. The van der Waals surface area contributed by atoms with E-state index in [-0.39, 0.29) is 5.91 Å². The van der Waals surface area contributed by atoms with Crippen molar-refractivity contribution in [2.75, 3.05) is 5.32 Å². The number of rotatable bonds is 3. The van der Waals surface area contributed by atoms with Gasteiger partial charge in [-0.25, -0.2) is 4.98 Å². The van der Waals surface area contributed by atoms with Gasteiger partial charge in [-0.3, -0.25) is 4.79 Å². The summed E-state index contributed by atoms with van der Waals surface area (Å²) in [5.41, 5.74) is 3.32. The Bertz CT molecular complexity index is 721. The molecule has 2 aromatic heterocycles. The number of hydrogen-bond acceptors (Lipinski definition) is 4. The number of anilines is 1. The highest BCUT2D eigenvalue weighted by Gasteiger charge is 2.11. The Labute approximate surface area is 125 Å². The molecule has 0 bridgehead atoms. The van der Waals surface area contributed by atoms with Crippen molar-refractivity contribution in [3.05, 3.63) is 45.6 Å². The predicted molar refractivity (Wildman–Crippen MR) is 85.7 cm³/mol. The second kappa shape index (κ2) is 5.34. The minimum absolute atomic E-state index is 0.0122. The number of benzene rings is 1. The molecule has 0 unspecified atom stereocenters. The van der Waals surface area contributed by atoms with Crippen LogP contribution in [0.4, 0.5) is 5.13 Å². The van der Waals surface area contributed by atoms with Gasteiger partial charge in [-0.05, 0) is 36.4 Å². The summed E-state index contributed by atoms with van der Waals surface area (Å²) < 4.78 is 1.15. The van der Waals surface area contributed by atoms with E-state index in [0.717, 1.165) is 20.7 Å². The number of nitrogens with one attached hydrogen (secondary N) is 1. The number of hydrogen-bond donors (Lipinski definition) is 1. The molecule has 5 heteroatoms. The summed E-state index contributed by atoms with van der Waals surface area (Å²) >= 11 is 3.13. The molecule has 1 amide bonds. The molecule has 3 aromatic rings. The molecule has 0 saturated heterocycles. The molecule has 0 fully saturated rings. The number of aromatic nitrogens is 1. The van der Waals surface area contributed by atoms with E-state index in [1.165, 1.54) is 16.9 Å². The van der Waals surface area contributed by atoms with Gasteiger partial charge in [-0.2, -0.15) is 0 Å². The van der Waals surface area contributed by atoms with E-state index in [9.17, 15) is 4.79 Å². The van der Waals surface area contributed by atoms with Crippen molar-refractivity contribution in [2.45, 2.75) is 20.3 Å².